The van der Waals surface area contributed by atoms with Crippen LogP contribution in [0, 0.1) is 0 Å². The molecule has 70 valence electrons. The van der Waals surface area contributed by atoms with Crippen molar-refractivity contribution in [1.29, 1.82) is 0 Å². The molecular weight excluding hydrogens is 247 g/mol. The van der Waals surface area contributed by atoms with Gasteiger partial charge in [-0.05, 0) is 0 Å². The van der Waals surface area contributed by atoms with Gasteiger partial charge < -0.3 is 0 Å². The van der Waals surface area contributed by atoms with Crippen LogP contribution in [0.25, 0.3) is 0 Å². The van der Waals surface area contributed by atoms with Gasteiger partial charge in [-0.25, -0.2) is 0 Å². The van der Waals surface area contributed by atoms with Gasteiger partial charge >= 0.3 is 97.6 Å². The molecule has 0 fully saturated rings. The maximum atomic E-state index is 2.33. The molecule has 0 heterocycles. The van der Waals surface area contributed by atoms with Crippen LogP contribution in [0.4, 0.5) is 0 Å². The molecule has 0 spiro atoms. The third-order valence-corrected chi connectivity index (χ3v) is 5.64. The van der Waals surface area contributed by atoms with E-state index in [9.17, 15) is 0 Å². The summed E-state index contributed by atoms with van der Waals surface area (Å²) in [5.41, 5.74) is 1.50. The maximum absolute atomic E-state index is 2.33. The van der Waals surface area contributed by atoms with Gasteiger partial charge in [0.25, 0.3) is 0 Å². The molecule has 1 aromatic carbocycles. The summed E-state index contributed by atoms with van der Waals surface area (Å²) >= 11 is -0.228. The molecule has 2 rings (SSSR count). The second-order valence-electron chi connectivity index (χ2n) is 3.49. The van der Waals surface area contributed by atoms with Crippen LogP contribution < -0.4 is 0 Å². The Morgan fingerprint density at radius 1 is 1.14 bits per heavy atom. The van der Waals surface area contributed by atoms with E-state index in [1.54, 1.807) is 3.28 Å². The molecule has 14 heavy (non-hydrogen) atoms. The Bertz CT molecular complexity index is 336. The van der Waals surface area contributed by atoms with Crippen molar-refractivity contribution in [3.05, 3.63) is 57.4 Å². The third-order valence-electron chi connectivity index (χ3n) is 2.38. The number of hydrogen-bond donors (Lipinski definition) is 0. The Labute approximate surface area is 97.3 Å². The van der Waals surface area contributed by atoms with Gasteiger partial charge in [0.15, 0.2) is 0 Å². The molecule has 0 radical (unpaired) electrons. The first-order valence-electron chi connectivity index (χ1n) is 5.08. The summed E-state index contributed by atoms with van der Waals surface area (Å²) in [6.45, 7) is 0. The van der Waals surface area contributed by atoms with E-state index in [1.165, 1.54) is 22.5 Å². The molecule has 0 atom stereocenters. The van der Waals surface area contributed by atoms with Crippen molar-refractivity contribution in [3.8, 4) is 0 Å². The molecule has 0 nitrogen and oxygen atoms in total. The predicted molar refractivity (Wildman–Crippen MR) is 56.8 cm³/mol. The SMILES string of the molecule is C1=CC[C]([Zr][CH2]Cc2ccccc2)=C1. The summed E-state index contributed by atoms with van der Waals surface area (Å²) in [5, 5.41) is 0. The number of rotatable bonds is 4. The molecule has 0 unspecified atom stereocenters. The molecule has 0 amide bonds. The normalized spacial score (nSPS) is 14.1. The fourth-order valence-corrected chi connectivity index (χ4v) is 4.57. The Balaban J connectivity index is 1.73. The van der Waals surface area contributed by atoms with Crippen LogP contribution in [0.15, 0.2) is 51.8 Å². The van der Waals surface area contributed by atoms with E-state index in [0.29, 0.717) is 0 Å². The van der Waals surface area contributed by atoms with E-state index in [-0.39, 0.29) is 23.2 Å². The Morgan fingerprint density at radius 2 is 2.00 bits per heavy atom. The second kappa shape index (κ2) is 5.46. The second-order valence-corrected chi connectivity index (χ2v) is 7.16. The molecule has 0 N–H and O–H groups in total. The van der Waals surface area contributed by atoms with E-state index >= 15 is 0 Å². The molecule has 0 bridgehead atoms. The zero-order valence-electron chi connectivity index (χ0n) is 8.24. The van der Waals surface area contributed by atoms with Crippen molar-refractivity contribution >= 4 is 0 Å². The van der Waals surface area contributed by atoms with Gasteiger partial charge in [-0.3, -0.25) is 0 Å². The van der Waals surface area contributed by atoms with Gasteiger partial charge in [0, 0.05) is 0 Å². The average molecular weight is 261 g/mol. The van der Waals surface area contributed by atoms with Crippen LogP contribution in [0.2, 0.25) is 4.13 Å². The minimum atomic E-state index is -0.228. The fourth-order valence-electron chi connectivity index (χ4n) is 1.59. The third kappa shape index (κ3) is 3.06. The van der Waals surface area contributed by atoms with Gasteiger partial charge in [0.05, 0.1) is 0 Å². The van der Waals surface area contributed by atoms with Crippen LogP contribution in [0.5, 0.6) is 0 Å². The summed E-state index contributed by atoms with van der Waals surface area (Å²) < 4.78 is 3.20. The van der Waals surface area contributed by atoms with Crippen LogP contribution in [-0.4, -0.2) is 0 Å². The summed E-state index contributed by atoms with van der Waals surface area (Å²) in [4.78, 5) is 0. The summed E-state index contributed by atoms with van der Waals surface area (Å²) in [7, 11) is 0. The molecular formula is C13H14Zr. The first-order valence-corrected chi connectivity index (χ1v) is 8.05. The Hall–Kier alpha value is -0.417. The van der Waals surface area contributed by atoms with Crippen molar-refractivity contribution in [2.75, 3.05) is 0 Å². The van der Waals surface area contributed by atoms with Gasteiger partial charge in [-0.1, -0.05) is 0 Å². The molecule has 1 aromatic rings. The first-order chi connectivity index (χ1) is 6.95. The van der Waals surface area contributed by atoms with Crippen molar-refractivity contribution in [1.82, 2.24) is 0 Å². The number of hydrogen-bond acceptors (Lipinski definition) is 0. The first kappa shape index (κ1) is 10.1. The molecule has 1 aliphatic rings. The molecule has 1 heteroatoms. The van der Waals surface area contributed by atoms with Crippen molar-refractivity contribution in [3.63, 3.8) is 0 Å². The Kier molecular flexibility index (Phi) is 3.94. The summed E-state index contributed by atoms with van der Waals surface area (Å²) in [5.74, 6) is 0. The standard InChI is InChI=1S/C8H9.C5H5.Zr/c1-2-8-6-4-3-5-7-8;1-2-4-5-3-1;/h3-7H,1-2H2;1-3H,4H2;. The zero-order valence-corrected chi connectivity index (χ0v) is 10.7. The van der Waals surface area contributed by atoms with Gasteiger partial charge in [-0.2, -0.15) is 0 Å². The molecule has 0 aromatic heterocycles. The van der Waals surface area contributed by atoms with E-state index in [0.717, 1.165) is 0 Å². The van der Waals surface area contributed by atoms with Crippen LogP contribution in [0.3, 0.4) is 0 Å². The van der Waals surface area contributed by atoms with Crippen LogP contribution >= 0.6 is 0 Å². The quantitative estimate of drug-likeness (QED) is 0.777. The number of allylic oxidation sites excluding steroid dienone is 4. The van der Waals surface area contributed by atoms with E-state index in [2.05, 4.69) is 48.6 Å². The van der Waals surface area contributed by atoms with E-state index < -0.39 is 0 Å². The summed E-state index contributed by atoms with van der Waals surface area (Å²) in [6.07, 6.45) is 9.35. The fraction of sp³-hybridized carbons (Fsp3) is 0.231. The van der Waals surface area contributed by atoms with Crippen molar-refractivity contribution < 1.29 is 23.2 Å². The van der Waals surface area contributed by atoms with Gasteiger partial charge in [0.1, 0.15) is 0 Å². The summed E-state index contributed by atoms with van der Waals surface area (Å²) in [6, 6.07) is 10.8. The predicted octanol–water partition coefficient (Wildman–Crippen LogP) is 3.57. The van der Waals surface area contributed by atoms with Crippen molar-refractivity contribution in [2.45, 2.75) is 17.0 Å². The van der Waals surface area contributed by atoms with Gasteiger partial charge in [-0.15, -0.1) is 0 Å². The monoisotopic (exact) mass is 260 g/mol. The van der Waals surface area contributed by atoms with E-state index in [4.69, 9.17) is 0 Å². The Morgan fingerprint density at radius 3 is 2.71 bits per heavy atom. The van der Waals surface area contributed by atoms with E-state index in [1.807, 2.05) is 0 Å². The number of aryl methyl sites for hydroxylation is 1. The topological polar surface area (TPSA) is 0 Å². The average Bonchev–Trinajstić information content (AvgIpc) is 2.72. The van der Waals surface area contributed by atoms with Crippen molar-refractivity contribution in [2.24, 2.45) is 0 Å². The molecule has 0 aliphatic heterocycles. The van der Waals surface area contributed by atoms with Crippen LogP contribution in [-0.2, 0) is 29.7 Å². The molecule has 1 aliphatic carbocycles. The zero-order chi connectivity index (χ0) is 9.64. The minimum absolute atomic E-state index is 0.228. The number of benzene rings is 1. The molecule has 0 saturated carbocycles. The molecule has 0 saturated heterocycles. The van der Waals surface area contributed by atoms with Gasteiger partial charge in [0.2, 0.25) is 0 Å². The van der Waals surface area contributed by atoms with Crippen LogP contribution in [0.1, 0.15) is 12.0 Å².